The van der Waals surface area contributed by atoms with E-state index in [0.29, 0.717) is 17.0 Å². The smallest absolute Gasteiger partial charge is 0.432 e. The van der Waals surface area contributed by atoms with Gasteiger partial charge in [-0.05, 0) is 42.7 Å². The predicted octanol–water partition coefficient (Wildman–Crippen LogP) is 3.78. The van der Waals surface area contributed by atoms with Crippen molar-refractivity contribution in [2.24, 2.45) is 9.98 Å². The summed E-state index contributed by atoms with van der Waals surface area (Å²) in [7, 11) is 1.41. The molecule has 0 aromatic heterocycles. The predicted molar refractivity (Wildman–Crippen MR) is 116 cm³/mol. The summed E-state index contributed by atoms with van der Waals surface area (Å²) >= 11 is 0.992. The molecule has 0 saturated heterocycles. The first-order valence-corrected chi connectivity index (χ1v) is 10.2. The average molecular weight is 445 g/mol. The average Bonchev–Trinajstić information content (AvgIpc) is 2.77. The van der Waals surface area contributed by atoms with Crippen molar-refractivity contribution in [3.63, 3.8) is 0 Å². The first-order valence-electron chi connectivity index (χ1n) is 8.93. The van der Waals surface area contributed by atoms with Gasteiger partial charge in [-0.3, -0.25) is 0 Å². The number of benzene rings is 2. The summed E-state index contributed by atoms with van der Waals surface area (Å²) in [6, 6.07) is 11.0. The van der Waals surface area contributed by atoms with Crippen molar-refractivity contribution < 1.29 is 28.9 Å². The molecular formula is C21H20FN3O5S. The molecule has 0 unspecified atom stereocenters. The highest BCUT2D eigenvalue weighted by Crippen LogP contribution is 2.27. The normalized spacial score (nSPS) is 11.8. The standard InChI is InChI=1S/C21H20FN3O5S/c1-29-16-9-14(12-30-8-7-26)18(22)17(10-16)19(20(31-2)25-21(27)28)24-15-5-3-13(11-23)4-6-15/h3-6,9-10,26H,7-8,12H2,1-2H3,(H,27,28). The van der Waals surface area contributed by atoms with Gasteiger partial charge in [-0.2, -0.15) is 10.3 Å². The molecule has 0 saturated carbocycles. The fourth-order valence-corrected chi connectivity index (χ4v) is 3.06. The molecule has 10 heteroatoms. The summed E-state index contributed by atoms with van der Waals surface area (Å²) in [6.07, 6.45) is 0.145. The van der Waals surface area contributed by atoms with Gasteiger partial charge in [-0.25, -0.2) is 14.2 Å². The minimum atomic E-state index is -1.45. The van der Waals surface area contributed by atoms with E-state index in [0.717, 1.165) is 11.8 Å². The van der Waals surface area contributed by atoms with Gasteiger partial charge in [0.15, 0.2) is 0 Å². The number of aliphatic hydroxyl groups is 1. The van der Waals surface area contributed by atoms with Crippen LogP contribution in [0.4, 0.5) is 14.9 Å². The largest absolute Gasteiger partial charge is 0.497 e. The minimum absolute atomic E-state index is 0.0144. The second-order valence-electron chi connectivity index (χ2n) is 5.95. The lowest BCUT2D eigenvalue weighted by molar-refractivity contribution is 0.0798. The van der Waals surface area contributed by atoms with Crippen molar-refractivity contribution >= 4 is 34.3 Å². The van der Waals surface area contributed by atoms with E-state index in [4.69, 9.17) is 24.9 Å². The summed E-state index contributed by atoms with van der Waals surface area (Å²) in [5.41, 5.74) is 0.897. The molecule has 2 N–H and O–H groups in total. The number of carboxylic acid groups (broad SMARTS) is 1. The van der Waals surface area contributed by atoms with Crippen LogP contribution in [0.2, 0.25) is 0 Å². The van der Waals surface area contributed by atoms with E-state index in [9.17, 15) is 4.79 Å². The third-order valence-electron chi connectivity index (χ3n) is 3.94. The highest BCUT2D eigenvalue weighted by Gasteiger charge is 2.21. The van der Waals surface area contributed by atoms with Crippen LogP contribution in [0.25, 0.3) is 0 Å². The molecule has 0 spiro atoms. The molecule has 2 rings (SSSR count). The molecule has 0 aliphatic rings. The Morgan fingerprint density at radius 2 is 2.00 bits per heavy atom. The first-order chi connectivity index (χ1) is 14.9. The Labute approximate surface area is 182 Å². The number of aliphatic hydroxyl groups excluding tert-OH is 1. The molecule has 162 valence electrons. The van der Waals surface area contributed by atoms with Gasteiger partial charge in [0.2, 0.25) is 0 Å². The monoisotopic (exact) mass is 445 g/mol. The number of thioether (sulfide) groups is 1. The summed E-state index contributed by atoms with van der Waals surface area (Å²) in [5, 5.41) is 27.0. The Hall–Kier alpha value is -3.26. The van der Waals surface area contributed by atoms with E-state index in [1.165, 1.54) is 19.2 Å². The molecule has 1 amide bonds. The summed E-state index contributed by atoms with van der Waals surface area (Å²) in [4.78, 5) is 19.2. The number of hydrogen-bond donors (Lipinski definition) is 2. The van der Waals surface area contributed by atoms with Gasteiger partial charge in [0.25, 0.3) is 0 Å². The van der Waals surface area contributed by atoms with Gasteiger partial charge in [0.05, 0.1) is 44.3 Å². The highest BCUT2D eigenvalue weighted by molar-refractivity contribution is 8.15. The zero-order valence-corrected chi connectivity index (χ0v) is 17.6. The Morgan fingerprint density at radius 1 is 1.29 bits per heavy atom. The van der Waals surface area contributed by atoms with Crippen molar-refractivity contribution in [3.8, 4) is 11.8 Å². The number of hydrogen-bond acceptors (Lipinski definition) is 7. The highest BCUT2D eigenvalue weighted by atomic mass is 32.2. The van der Waals surface area contributed by atoms with E-state index >= 15 is 4.39 Å². The quantitative estimate of drug-likeness (QED) is 0.360. The number of aliphatic imine (C=N–C) groups is 2. The first kappa shape index (κ1) is 24.0. The van der Waals surface area contributed by atoms with Gasteiger partial charge in [-0.1, -0.05) is 0 Å². The minimum Gasteiger partial charge on any atom is -0.497 e. The Balaban J connectivity index is 2.70. The maximum Gasteiger partial charge on any atom is 0.432 e. The fraction of sp³-hybridized carbons (Fsp3) is 0.238. The zero-order valence-electron chi connectivity index (χ0n) is 16.8. The Bertz CT molecular complexity index is 1030. The van der Waals surface area contributed by atoms with Crippen LogP contribution in [0.5, 0.6) is 5.75 Å². The lowest BCUT2D eigenvalue weighted by atomic mass is 10.0. The van der Waals surface area contributed by atoms with Gasteiger partial charge in [0, 0.05) is 11.1 Å². The molecule has 0 fully saturated rings. The van der Waals surface area contributed by atoms with Crippen molar-refractivity contribution in [1.29, 1.82) is 5.26 Å². The summed E-state index contributed by atoms with van der Waals surface area (Å²) in [6.45, 7) is -0.328. The molecule has 8 nitrogen and oxygen atoms in total. The van der Waals surface area contributed by atoms with E-state index in [-0.39, 0.29) is 41.7 Å². The number of rotatable bonds is 8. The molecular weight excluding hydrogens is 425 g/mol. The van der Waals surface area contributed by atoms with Crippen LogP contribution >= 0.6 is 11.8 Å². The van der Waals surface area contributed by atoms with E-state index in [1.807, 2.05) is 6.07 Å². The second-order valence-corrected chi connectivity index (χ2v) is 6.74. The van der Waals surface area contributed by atoms with Crippen LogP contribution in [0.15, 0.2) is 46.4 Å². The number of methoxy groups -OCH3 is 1. The second kappa shape index (κ2) is 11.8. The maximum atomic E-state index is 15.4. The van der Waals surface area contributed by atoms with Crippen LogP contribution < -0.4 is 4.74 Å². The van der Waals surface area contributed by atoms with Gasteiger partial charge in [-0.15, -0.1) is 11.8 Å². The van der Waals surface area contributed by atoms with Crippen LogP contribution in [-0.4, -0.2) is 53.6 Å². The number of ether oxygens (including phenoxy) is 2. The van der Waals surface area contributed by atoms with Gasteiger partial charge < -0.3 is 19.7 Å². The molecule has 31 heavy (non-hydrogen) atoms. The van der Waals surface area contributed by atoms with Crippen molar-refractivity contribution in [3.05, 3.63) is 58.9 Å². The number of nitriles is 1. The lowest BCUT2D eigenvalue weighted by Crippen LogP contribution is -2.17. The lowest BCUT2D eigenvalue weighted by Gasteiger charge is -2.14. The molecule has 0 heterocycles. The third-order valence-corrected chi connectivity index (χ3v) is 4.61. The van der Waals surface area contributed by atoms with Crippen LogP contribution in [0.1, 0.15) is 16.7 Å². The van der Waals surface area contributed by atoms with Crippen molar-refractivity contribution in [1.82, 2.24) is 0 Å². The summed E-state index contributed by atoms with van der Waals surface area (Å²) in [5.74, 6) is -0.374. The van der Waals surface area contributed by atoms with Crippen LogP contribution in [-0.2, 0) is 11.3 Å². The molecule has 2 aromatic rings. The third kappa shape index (κ3) is 6.62. The van der Waals surface area contributed by atoms with E-state index in [1.54, 1.807) is 30.5 Å². The molecule has 0 aliphatic heterocycles. The zero-order chi connectivity index (χ0) is 22.8. The van der Waals surface area contributed by atoms with E-state index < -0.39 is 11.9 Å². The molecule has 0 radical (unpaired) electrons. The Morgan fingerprint density at radius 3 is 2.55 bits per heavy atom. The van der Waals surface area contributed by atoms with Crippen LogP contribution in [0, 0.1) is 17.1 Å². The fourth-order valence-electron chi connectivity index (χ4n) is 2.54. The number of amides is 1. The number of halogens is 1. The van der Waals surface area contributed by atoms with Crippen molar-refractivity contribution in [2.45, 2.75) is 6.61 Å². The van der Waals surface area contributed by atoms with Crippen LogP contribution in [0.3, 0.4) is 0 Å². The topological polar surface area (TPSA) is 125 Å². The number of nitrogens with zero attached hydrogens (tertiary/aromatic N) is 3. The maximum absolute atomic E-state index is 15.4. The Kier molecular flexibility index (Phi) is 9.14. The summed E-state index contributed by atoms with van der Waals surface area (Å²) < 4.78 is 25.9. The number of carbonyl (C=O) groups is 1. The SMILES string of the molecule is COc1cc(COCCO)c(F)c(C(=Nc2ccc(C#N)cc2)C(=NC(=O)O)SC)c1. The molecule has 0 aliphatic carbocycles. The molecule has 2 aromatic carbocycles. The molecule has 0 bridgehead atoms. The van der Waals surface area contributed by atoms with Gasteiger partial charge in [0.1, 0.15) is 22.3 Å². The molecule has 0 atom stereocenters. The van der Waals surface area contributed by atoms with E-state index in [2.05, 4.69) is 9.98 Å². The van der Waals surface area contributed by atoms with Crippen molar-refractivity contribution in [2.75, 3.05) is 26.6 Å². The van der Waals surface area contributed by atoms with Gasteiger partial charge >= 0.3 is 6.09 Å².